The minimum absolute atomic E-state index is 0.163. The average Bonchev–Trinajstić information content (AvgIpc) is 2.42. The van der Waals surface area contributed by atoms with Crippen LogP contribution in [0, 0.1) is 0 Å². The van der Waals surface area contributed by atoms with Crippen LogP contribution < -0.4 is 14.8 Å². The zero-order valence-corrected chi connectivity index (χ0v) is 14.2. The normalized spacial score (nSPS) is 10.5. The Labute approximate surface area is 132 Å². The van der Waals surface area contributed by atoms with Gasteiger partial charge >= 0.3 is 6.09 Å². The molecule has 1 N–H and O–H groups in total. The number of rotatable bonds is 8. The lowest BCUT2D eigenvalue weighted by Gasteiger charge is -2.17. The van der Waals surface area contributed by atoms with E-state index in [-0.39, 0.29) is 6.10 Å². The number of nitrogens with one attached hydrogen (secondary N) is 1. The van der Waals surface area contributed by atoms with Crippen LogP contribution in [0.15, 0.2) is 12.1 Å². The van der Waals surface area contributed by atoms with Crippen molar-refractivity contribution in [2.75, 3.05) is 18.5 Å². The van der Waals surface area contributed by atoms with Crippen molar-refractivity contribution in [2.24, 2.45) is 0 Å². The second-order valence-corrected chi connectivity index (χ2v) is 5.16. The van der Waals surface area contributed by atoms with Crippen LogP contribution in [-0.2, 0) is 11.2 Å². The van der Waals surface area contributed by atoms with Crippen LogP contribution in [0.3, 0.4) is 0 Å². The zero-order valence-electron chi connectivity index (χ0n) is 14.2. The number of amides is 1. The smallest absolute Gasteiger partial charge is 0.411 e. The van der Waals surface area contributed by atoms with Crippen LogP contribution in [0.4, 0.5) is 10.5 Å². The molecule has 0 aliphatic heterocycles. The monoisotopic (exact) mass is 309 g/mol. The van der Waals surface area contributed by atoms with E-state index in [9.17, 15) is 4.79 Å². The summed E-state index contributed by atoms with van der Waals surface area (Å²) in [5.41, 5.74) is 1.68. The summed E-state index contributed by atoms with van der Waals surface area (Å²) in [4.78, 5) is 11.8. The lowest BCUT2D eigenvalue weighted by Crippen LogP contribution is -2.18. The minimum atomic E-state index is -0.468. The maximum Gasteiger partial charge on any atom is 0.411 e. The van der Waals surface area contributed by atoms with E-state index in [0.29, 0.717) is 24.7 Å². The van der Waals surface area contributed by atoms with Crippen molar-refractivity contribution in [3.05, 3.63) is 17.7 Å². The van der Waals surface area contributed by atoms with Crippen LogP contribution >= 0.6 is 0 Å². The second kappa shape index (κ2) is 9.18. The summed E-state index contributed by atoms with van der Waals surface area (Å²) in [6, 6.07) is 3.69. The number of ether oxygens (including phenoxy) is 3. The van der Waals surface area contributed by atoms with Crippen molar-refractivity contribution in [1.82, 2.24) is 0 Å². The number of benzene rings is 1. The summed E-state index contributed by atoms with van der Waals surface area (Å²) in [6.45, 7) is 10.7. The van der Waals surface area contributed by atoms with Crippen LogP contribution in [0.5, 0.6) is 11.5 Å². The Hall–Kier alpha value is -1.91. The summed E-state index contributed by atoms with van der Waals surface area (Å²) in [5, 5.41) is 2.74. The average molecular weight is 309 g/mol. The Morgan fingerprint density at radius 3 is 2.36 bits per heavy atom. The van der Waals surface area contributed by atoms with Gasteiger partial charge in [-0.3, -0.25) is 5.32 Å². The molecule has 1 amide bonds. The number of carbonyl (C=O) groups is 1. The molecule has 22 heavy (non-hydrogen) atoms. The van der Waals surface area contributed by atoms with Gasteiger partial charge in [0.05, 0.1) is 19.3 Å². The topological polar surface area (TPSA) is 56.8 Å². The zero-order chi connectivity index (χ0) is 16.5. The van der Waals surface area contributed by atoms with Gasteiger partial charge < -0.3 is 14.2 Å². The van der Waals surface area contributed by atoms with Gasteiger partial charge in [0.15, 0.2) is 11.5 Å². The molecular formula is C17H27NO4. The largest absolute Gasteiger partial charge is 0.490 e. The molecule has 0 radical (unpaired) electrons. The lowest BCUT2D eigenvalue weighted by atomic mass is 10.1. The van der Waals surface area contributed by atoms with E-state index in [1.165, 1.54) is 0 Å². The molecule has 0 fully saturated rings. The first-order valence-electron chi connectivity index (χ1n) is 7.91. The predicted molar refractivity (Wildman–Crippen MR) is 88.0 cm³/mol. The Balaban J connectivity index is 3.09. The number of hydrogen-bond donors (Lipinski definition) is 1. The molecule has 0 saturated heterocycles. The Morgan fingerprint density at radius 1 is 1.14 bits per heavy atom. The summed E-state index contributed by atoms with van der Waals surface area (Å²) < 4.78 is 16.5. The first kappa shape index (κ1) is 18.1. The van der Waals surface area contributed by atoms with Crippen LogP contribution in [0.2, 0.25) is 0 Å². The van der Waals surface area contributed by atoms with Gasteiger partial charge in [-0.1, -0.05) is 13.3 Å². The molecule has 124 valence electrons. The van der Waals surface area contributed by atoms with E-state index in [0.717, 1.165) is 24.2 Å². The number of aryl methyl sites for hydroxylation is 1. The third kappa shape index (κ3) is 5.47. The van der Waals surface area contributed by atoms with Crippen molar-refractivity contribution in [1.29, 1.82) is 0 Å². The van der Waals surface area contributed by atoms with E-state index in [1.54, 1.807) is 6.07 Å². The van der Waals surface area contributed by atoms with Crippen molar-refractivity contribution >= 4 is 11.8 Å². The standard InChI is InChI=1S/C17H27NO4/c1-6-9-13-10-14(18-17(19)22-12(4)5)11-15(20-7-2)16(13)21-8-3/h10-12H,6-9H2,1-5H3,(H,18,19). The molecule has 5 heteroatoms. The Bertz CT molecular complexity index is 459. The molecule has 0 atom stereocenters. The third-order valence-electron chi connectivity index (χ3n) is 2.83. The molecule has 0 spiro atoms. The molecular weight excluding hydrogens is 282 g/mol. The van der Waals surface area contributed by atoms with Gasteiger partial charge in [0.25, 0.3) is 0 Å². The molecule has 0 saturated carbocycles. The number of anilines is 1. The van der Waals surface area contributed by atoms with Gasteiger partial charge in [-0.2, -0.15) is 0 Å². The molecule has 1 aromatic carbocycles. The fourth-order valence-electron chi connectivity index (χ4n) is 2.12. The summed E-state index contributed by atoms with van der Waals surface area (Å²) in [7, 11) is 0. The van der Waals surface area contributed by atoms with E-state index >= 15 is 0 Å². The SMILES string of the molecule is CCCc1cc(NC(=O)OC(C)C)cc(OCC)c1OCC. The van der Waals surface area contributed by atoms with Gasteiger partial charge in [-0.05, 0) is 40.2 Å². The fraction of sp³-hybridized carbons (Fsp3) is 0.588. The van der Waals surface area contributed by atoms with E-state index in [1.807, 2.05) is 33.8 Å². The minimum Gasteiger partial charge on any atom is -0.490 e. The predicted octanol–water partition coefficient (Wildman–Crippen LogP) is 4.39. The Kier molecular flexibility index (Phi) is 7.57. The Morgan fingerprint density at radius 2 is 1.82 bits per heavy atom. The van der Waals surface area contributed by atoms with Gasteiger partial charge in [0.1, 0.15) is 0 Å². The highest BCUT2D eigenvalue weighted by atomic mass is 16.6. The molecule has 0 bridgehead atoms. The number of hydrogen-bond acceptors (Lipinski definition) is 4. The summed E-state index contributed by atoms with van der Waals surface area (Å²) in [5.74, 6) is 1.41. The van der Waals surface area contributed by atoms with Crippen molar-refractivity contribution < 1.29 is 19.0 Å². The van der Waals surface area contributed by atoms with Crippen molar-refractivity contribution in [2.45, 2.75) is 53.6 Å². The molecule has 1 rings (SSSR count). The second-order valence-electron chi connectivity index (χ2n) is 5.16. The van der Waals surface area contributed by atoms with E-state index in [2.05, 4.69) is 12.2 Å². The highest BCUT2D eigenvalue weighted by molar-refractivity contribution is 5.85. The molecule has 1 aromatic rings. The van der Waals surface area contributed by atoms with Crippen LogP contribution in [0.25, 0.3) is 0 Å². The molecule has 0 aliphatic carbocycles. The summed E-state index contributed by atoms with van der Waals surface area (Å²) >= 11 is 0. The van der Waals surface area contributed by atoms with Crippen LogP contribution in [-0.4, -0.2) is 25.4 Å². The molecule has 0 aliphatic rings. The number of carbonyl (C=O) groups excluding carboxylic acids is 1. The quantitative estimate of drug-likeness (QED) is 0.773. The van der Waals surface area contributed by atoms with E-state index < -0.39 is 6.09 Å². The maximum absolute atomic E-state index is 11.8. The van der Waals surface area contributed by atoms with Crippen LogP contribution in [0.1, 0.15) is 46.6 Å². The molecule has 0 aromatic heterocycles. The van der Waals surface area contributed by atoms with Crippen molar-refractivity contribution in [3.63, 3.8) is 0 Å². The van der Waals surface area contributed by atoms with Crippen molar-refractivity contribution in [3.8, 4) is 11.5 Å². The molecule has 0 heterocycles. The third-order valence-corrected chi connectivity index (χ3v) is 2.83. The van der Waals surface area contributed by atoms with Gasteiger partial charge in [-0.15, -0.1) is 0 Å². The fourth-order valence-corrected chi connectivity index (χ4v) is 2.12. The molecule has 0 unspecified atom stereocenters. The van der Waals surface area contributed by atoms with Gasteiger partial charge in [-0.25, -0.2) is 4.79 Å². The highest BCUT2D eigenvalue weighted by Gasteiger charge is 2.15. The van der Waals surface area contributed by atoms with E-state index in [4.69, 9.17) is 14.2 Å². The maximum atomic E-state index is 11.8. The summed E-state index contributed by atoms with van der Waals surface area (Å²) in [6.07, 6.45) is 1.20. The molecule has 5 nitrogen and oxygen atoms in total. The van der Waals surface area contributed by atoms with Gasteiger partial charge in [0, 0.05) is 17.3 Å². The lowest BCUT2D eigenvalue weighted by molar-refractivity contribution is 0.130. The first-order valence-corrected chi connectivity index (χ1v) is 7.91. The highest BCUT2D eigenvalue weighted by Crippen LogP contribution is 2.36. The van der Waals surface area contributed by atoms with Gasteiger partial charge in [0.2, 0.25) is 0 Å². The first-order chi connectivity index (χ1) is 10.5.